The first-order valence-electron chi connectivity index (χ1n) is 11.2. The molecule has 9 heteroatoms. The molecule has 5 rings (SSSR count). The molecule has 180 valence electrons. The number of hydrogen-bond donors (Lipinski definition) is 1. The van der Waals surface area contributed by atoms with Crippen LogP contribution >= 0.6 is 11.6 Å². The Hall–Kier alpha value is -4.43. The van der Waals surface area contributed by atoms with Gasteiger partial charge in [0.25, 0.3) is 5.91 Å². The van der Waals surface area contributed by atoms with Gasteiger partial charge in [-0.1, -0.05) is 48.0 Å². The second-order valence-electron chi connectivity index (χ2n) is 8.26. The van der Waals surface area contributed by atoms with Gasteiger partial charge in [-0.2, -0.15) is 5.10 Å². The van der Waals surface area contributed by atoms with Gasteiger partial charge in [-0.15, -0.1) is 0 Å². The first kappa shape index (κ1) is 23.3. The fourth-order valence-corrected chi connectivity index (χ4v) is 4.10. The maximum Gasteiger partial charge on any atom is 0.254 e. The molecule has 2 amide bonds. The fraction of sp³-hybridized carbons (Fsp3) is 0.111. The largest absolute Gasteiger partial charge is 0.467 e. The summed E-state index contributed by atoms with van der Waals surface area (Å²) in [4.78, 5) is 32.3. The number of pyridine rings is 1. The number of halogens is 1. The average Bonchev–Trinajstić information content (AvgIpc) is 3.54. The van der Waals surface area contributed by atoms with E-state index < -0.39 is 0 Å². The van der Waals surface area contributed by atoms with Crippen molar-refractivity contribution in [1.29, 1.82) is 0 Å². The van der Waals surface area contributed by atoms with E-state index in [2.05, 4.69) is 10.4 Å². The summed E-state index contributed by atoms with van der Waals surface area (Å²) in [6, 6.07) is 21.8. The minimum atomic E-state index is -0.338. The lowest BCUT2D eigenvalue weighted by Gasteiger charge is -2.18. The molecule has 0 aliphatic carbocycles. The van der Waals surface area contributed by atoms with E-state index >= 15 is 0 Å². The first-order valence-corrected chi connectivity index (χ1v) is 11.6. The van der Waals surface area contributed by atoms with Crippen LogP contribution in [0, 0.1) is 0 Å². The third kappa shape index (κ3) is 4.99. The Morgan fingerprint density at radius 3 is 2.64 bits per heavy atom. The molecule has 0 atom stereocenters. The molecular formula is C27H22ClN5O3. The molecule has 0 fully saturated rings. The van der Waals surface area contributed by atoms with Gasteiger partial charge in [0.1, 0.15) is 12.3 Å². The highest BCUT2D eigenvalue weighted by Gasteiger charge is 2.22. The number of nitrogens with one attached hydrogen (secondary N) is 1. The van der Waals surface area contributed by atoms with Crippen molar-refractivity contribution in [2.24, 2.45) is 0 Å². The first-order chi connectivity index (χ1) is 17.5. The highest BCUT2D eigenvalue weighted by Crippen LogP contribution is 2.26. The van der Waals surface area contributed by atoms with E-state index in [0.29, 0.717) is 39.5 Å². The third-order valence-electron chi connectivity index (χ3n) is 5.63. The number of nitrogens with zero attached hydrogens (tertiary/aromatic N) is 4. The van der Waals surface area contributed by atoms with Crippen molar-refractivity contribution in [3.05, 3.63) is 102 Å². The maximum absolute atomic E-state index is 13.6. The highest BCUT2D eigenvalue weighted by molar-refractivity contribution is 6.30. The number of benzene rings is 2. The summed E-state index contributed by atoms with van der Waals surface area (Å²) in [7, 11) is 1.58. The SMILES string of the molecule is CN(CC(=O)Nc1cccc(Cl)c1)C(=O)c1cc(-c2ccccc2)nc2c1cnn2Cc1ccco1. The van der Waals surface area contributed by atoms with Gasteiger partial charge >= 0.3 is 0 Å². The molecule has 0 saturated carbocycles. The van der Waals surface area contributed by atoms with Crippen LogP contribution in [0.4, 0.5) is 5.69 Å². The number of aromatic nitrogens is 3. The number of likely N-dealkylation sites (N-methyl/N-ethyl adjacent to an activating group) is 1. The van der Waals surface area contributed by atoms with Gasteiger partial charge in [0.2, 0.25) is 5.91 Å². The number of amides is 2. The molecule has 36 heavy (non-hydrogen) atoms. The van der Waals surface area contributed by atoms with Crippen molar-refractivity contribution in [2.75, 3.05) is 18.9 Å². The van der Waals surface area contributed by atoms with Crippen molar-refractivity contribution in [3.8, 4) is 11.3 Å². The van der Waals surface area contributed by atoms with Crippen molar-refractivity contribution in [1.82, 2.24) is 19.7 Å². The quantitative estimate of drug-likeness (QED) is 0.336. The zero-order valence-corrected chi connectivity index (χ0v) is 20.1. The Labute approximate surface area is 212 Å². The summed E-state index contributed by atoms with van der Waals surface area (Å²) in [5.41, 5.74) is 3.01. The van der Waals surface area contributed by atoms with Crippen LogP contribution in [0.1, 0.15) is 16.1 Å². The normalized spacial score (nSPS) is 10.9. The van der Waals surface area contributed by atoms with E-state index in [1.54, 1.807) is 54.5 Å². The van der Waals surface area contributed by atoms with Gasteiger partial charge in [-0.05, 0) is 36.4 Å². The van der Waals surface area contributed by atoms with Crippen LogP contribution in [0.2, 0.25) is 5.02 Å². The second-order valence-corrected chi connectivity index (χ2v) is 8.70. The van der Waals surface area contributed by atoms with E-state index in [1.165, 1.54) is 4.90 Å². The molecular weight excluding hydrogens is 478 g/mol. The van der Waals surface area contributed by atoms with Crippen molar-refractivity contribution in [3.63, 3.8) is 0 Å². The topological polar surface area (TPSA) is 93.3 Å². The van der Waals surface area contributed by atoms with E-state index in [0.717, 1.165) is 11.3 Å². The number of carbonyl (C=O) groups excluding carboxylic acids is 2. The van der Waals surface area contributed by atoms with Gasteiger partial charge in [0.05, 0.1) is 35.6 Å². The second kappa shape index (κ2) is 10.1. The number of anilines is 1. The van der Waals surface area contributed by atoms with Gasteiger partial charge in [-0.3, -0.25) is 9.59 Å². The smallest absolute Gasteiger partial charge is 0.254 e. The van der Waals surface area contributed by atoms with Gasteiger partial charge in [0.15, 0.2) is 5.65 Å². The molecule has 0 saturated heterocycles. The zero-order valence-electron chi connectivity index (χ0n) is 19.4. The Kier molecular flexibility index (Phi) is 6.51. The lowest BCUT2D eigenvalue weighted by Crippen LogP contribution is -2.35. The molecule has 3 heterocycles. The van der Waals surface area contributed by atoms with Crippen LogP contribution in [-0.2, 0) is 11.3 Å². The molecule has 0 aliphatic rings. The minimum absolute atomic E-state index is 0.142. The van der Waals surface area contributed by atoms with Crippen LogP contribution < -0.4 is 5.32 Å². The summed E-state index contributed by atoms with van der Waals surface area (Å²) in [5, 5.41) is 8.33. The molecule has 0 unspecified atom stereocenters. The number of carbonyl (C=O) groups is 2. The Morgan fingerprint density at radius 2 is 1.89 bits per heavy atom. The Balaban J connectivity index is 1.47. The molecule has 0 bridgehead atoms. The van der Waals surface area contributed by atoms with Crippen LogP contribution in [0.25, 0.3) is 22.3 Å². The van der Waals surface area contributed by atoms with E-state index in [4.69, 9.17) is 21.0 Å². The van der Waals surface area contributed by atoms with E-state index in [9.17, 15) is 9.59 Å². The van der Waals surface area contributed by atoms with Crippen molar-refractivity contribution < 1.29 is 14.0 Å². The molecule has 0 radical (unpaired) electrons. The molecule has 5 aromatic rings. The monoisotopic (exact) mass is 499 g/mol. The summed E-state index contributed by atoms with van der Waals surface area (Å²) in [6.07, 6.45) is 3.22. The van der Waals surface area contributed by atoms with Crippen molar-refractivity contribution in [2.45, 2.75) is 6.54 Å². The zero-order chi connectivity index (χ0) is 25.1. The van der Waals surface area contributed by atoms with Crippen LogP contribution in [0.5, 0.6) is 0 Å². The van der Waals surface area contributed by atoms with E-state index in [-0.39, 0.29) is 18.4 Å². The van der Waals surface area contributed by atoms with Gasteiger partial charge in [0, 0.05) is 23.3 Å². The van der Waals surface area contributed by atoms with E-state index in [1.807, 2.05) is 42.5 Å². The molecule has 2 aromatic carbocycles. The molecule has 8 nitrogen and oxygen atoms in total. The van der Waals surface area contributed by atoms with Gasteiger partial charge < -0.3 is 14.6 Å². The number of furan rings is 1. The van der Waals surface area contributed by atoms with Crippen LogP contribution in [-0.4, -0.2) is 45.1 Å². The molecule has 0 aliphatic heterocycles. The molecule has 1 N–H and O–H groups in total. The summed E-state index contributed by atoms with van der Waals surface area (Å²) >= 11 is 6.00. The molecule has 3 aromatic heterocycles. The standard InChI is InChI=1S/C27H22ClN5O3/c1-32(17-25(34)30-20-10-5-9-19(28)13-20)27(35)22-14-24(18-7-3-2-4-8-18)31-26-23(22)15-29-33(26)16-21-11-6-12-36-21/h2-15H,16-17H2,1H3,(H,30,34). The summed E-state index contributed by atoms with van der Waals surface area (Å²) < 4.78 is 7.17. The predicted octanol–water partition coefficient (Wildman–Crippen LogP) is 5.10. The lowest BCUT2D eigenvalue weighted by atomic mass is 10.1. The average molecular weight is 500 g/mol. The van der Waals surface area contributed by atoms with Crippen molar-refractivity contribution >= 4 is 40.1 Å². The Bertz CT molecular complexity index is 1530. The number of hydrogen-bond acceptors (Lipinski definition) is 5. The van der Waals surface area contributed by atoms with Gasteiger partial charge in [-0.25, -0.2) is 9.67 Å². The van der Waals surface area contributed by atoms with Crippen LogP contribution in [0.15, 0.2) is 89.7 Å². The third-order valence-corrected chi connectivity index (χ3v) is 5.87. The number of fused-ring (bicyclic) bond motifs is 1. The Morgan fingerprint density at radius 1 is 1.06 bits per heavy atom. The number of rotatable bonds is 7. The highest BCUT2D eigenvalue weighted by atomic mass is 35.5. The minimum Gasteiger partial charge on any atom is -0.467 e. The summed E-state index contributed by atoms with van der Waals surface area (Å²) in [5.74, 6) is 0.0585. The fourth-order valence-electron chi connectivity index (χ4n) is 3.91. The predicted molar refractivity (Wildman–Crippen MR) is 138 cm³/mol. The molecule has 0 spiro atoms. The van der Waals surface area contributed by atoms with Crippen LogP contribution in [0.3, 0.4) is 0 Å². The maximum atomic E-state index is 13.6. The summed E-state index contributed by atoms with van der Waals surface area (Å²) in [6.45, 7) is 0.226. The lowest BCUT2D eigenvalue weighted by molar-refractivity contribution is -0.116.